The average molecular weight is 889 g/mol. The molecule has 0 amide bonds. The van der Waals surface area contributed by atoms with Crippen molar-refractivity contribution in [3.05, 3.63) is 261 Å². The molecule has 0 saturated heterocycles. The third-order valence-corrected chi connectivity index (χ3v) is 18.9. The number of Topliss-reactive ketones (excluding diaryl/α,β-unsaturated/α-hetero) is 2. The summed E-state index contributed by atoms with van der Waals surface area (Å²) >= 11 is 0. The molecular weight excluding hydrogens is 853 g/mol. The SMILES string of the molecule is O=C1c2cc3c(cc2C2c4ccccc4C24c2ccccc2C14)c1cc2c4cccc5cccc(c54)n(-c4ccccc4)c2c2c4cc5c(cc4n3c12)C(=O)C1c2ccccc2C12c1ccccc1C52. The number of para-hydroxylation sites is 1. The van der Waals surface area contributed by atoms with Crippen molar-refractivity contribution in [3.63, 3.8) is 0 Å². The molecule has 19 rings (SSSR count). The predicted molar refractivity (Wildman–Crippen MR) is 278 cm³/mol. The van der Waals surface area contributed by atoms with Crippen LogP contribution in [0.25, 0.3) is 76.4 Å². The summed E-state index contributed by atoms with van der Waals surface area (Å²) in [4.78, 5) is 31.1. The minimum absolute atomic E-state index is 0.0497. The third-order valence-electron chi connectivity index (χ3n) is 18.9. The van der Waals surface area contributed by atoms with Crippen molar-refractivity contribution in [2.24, 2.45) is 0 Å². The van der Waals surface area contributed by atoms with E-state index in [1.807, 2.05) is 0 Å². The van der Waals surface area contributed by atoms with Crippen molar-refractivity contribution in [1.29, 1.82) is 0 Å². The second-order valence-corrected chi connectivity index (χ2v) is 21.2. The minimum atomic E-state index is -0.378. The number of fused-ring (bicyclic) bond motifs is 21. The number of carbonyl (C=O) groups is 2. The first kappa shape index (κ1) is 35.5. The van der Waals surface area contributed by atoms with E-state index in [9.17, 15) is 0 Å². The third kappa shape index (κ3) is 3.42. The van der Waals surface area contributed by atoms with Crippen LogP contribution < -0.4 is 0 Å². The molecule has 6 atom stereocenters. The Bertz CT molecular complexity index is 4740. The molecule has 6 unspecified atom stereocenters. The molecular formula is C66H36N2O2. The Labute approximate surface area is 400 Å². The van der Waals surface area contributed by atoms with Crippen molar-refractivity contribution in [1.82, 2.24) is 8.97 Å². The molecule has 4 heteroatoms. The Balaban J connectivity index is 1.01. The van der Waals surface area contributed by atoms with E-state index in [1.54, 1.807) is 0 Å². The highest BCUT2D eigenvalue weighted by molar-refractivity contribution is 6.36. The lowest BCUT2D eigenvalue weighted by Gasteiger charge is -2.64. The molecule has 6 aliphatic rings. The van der Waals surface area contributed by atoms with Gasteiger partial charge in [-0.2, -0.15) is 0 Å². The first-order chi connectivity index (χ1) is 34.6. The van der Waals surface area contributed by atoms with Crippen LogP contribution in [0.5, 0.6) is 0 Å². The molecule has 6 aliphatic carbocycles. The predicted octanol–water partition coefficient (Wildman–Crippen LogP) is 14.5. The van der Waals surface area contributed by atoms with Crippen LogP contribution >= 0.6 is 0 Å². The monoisotopic (exact) mass is 888 g/mol. The van der Waals surface area contributed by atoms with Gasteiger partial charge in [-0.3, -0.25) is 9.59 Å². The molecule has 0 fully saturated rings. The highest BCUT2D eigenvalue weighted by Crippen LogP contribution is 2.75. The number of ketones is 2. The molecule has 0 radical (unpaired) electrons. The molecule has 4 nitrogen and oxygen atoms in total. The Morgan fingerprint density at radius 1 is 0.343 bits per heavy atom. The van der Waals surface area contributed by atoms with Crippen molar-refractivity contribution in [2.75, 3.05) is 0 Å². The quantitative estimate of drug-likeness (QED) is 0.122. The van der Waals surface area contributed by atoms with E-state index in [0.717, 1.165) is 77.4 Å². The van der Waals surface area contributed by atoms with Gasteiger partial charge in [0.25, 0.3) is 0 Å². The van der Waals surface area contributed by atoms with Crippen LogP contribution in [0.2, 0.25) is 0 Å². The lowest BCUT2D eigenvalue weighted by Crippen LogP contribution is -2.61. The van der Waals surface area contributed by atoms with Gasteiger partial charge in [-0.1, -0.05) is 146 Å². The maximum Gasteiger partial charge on any atom is 0.171 e. The van der Waals surface area contributed by atoms with E-state index < -0.39 is 0 Å². The highest BCUT2D eigenvalue weighted by atomic mass is 16.1. The van der Waals surface area contributed by atoms with Gasteiger partial charge in [-0.15, -0.1) is 0 Å². The molecule has 70 heavy (non-hydrogen) atoms. The van der Waals surface area contributed by atoms with Crippen LogP contribution in [0.4, 0.5) is 0 Å². The summed E-state index contributed by atoms with van der Waals surface area (Å²) in [5.74, 6) is 0.0633. The number of carbonyl (C=O) groups excluding carboxylic acids is 2. The average Bonchev–Trinajstić information content (AvgIpc) is 3.91. The molecule has 2 spiro atoms. The van der Waals surface area contributed by atoms with Gasteiger partial charge in [0.05, 0.1) is 39.4 Å². The van der Waals surface area contributed by atoms with Crippen LogP contribution in [0.3, 0.4) is 0 Å². The van der Waals surface area contributed by atoms with Crippen molar-refractivity contribution < 1.29 is 9.59 Å². The van der Waals surface area contributed by atoms with Gasteiger partial charge in [-0.05, 0) is 115 Å². The molecule has 0 N–H and O–H groups in total. The van der Waals surface area contributed by atoms with Crippen LogP contribution in [-0.2, 0) is 10.8 Å². The second kappa shape index (κ2) is 11.3. The molecule has 10 aromatic carbocycles. The Morgan fingerprint density at radius 2 is 0.829 bits per heavy atom. The summed E-state index contributed by atoms with van der Waals surface area (Å²) in [6, 6.07) is 71.1. The summed E-state index contributed by atoms with van der Waals surface area (Å²) < 4.78 is 4.94. The number of benzene rings is 10. The van der Waals surface area contributed by atoms with E-state index in [-0.39, 0.29) is 46.1 Å². The molecule has 0 saturated carbocycles. The lowest BCUT2D eigenvalue weighted by atomic mass is 9.36. The van der Waals surface area contributed by atoms with Gasteiger partial charge in [-0.25, -0.2) is 0 Å². The number of hydrogen-bond donors (Lipinski definition) is 0. The van der Waals surface area contributed by atoms with Crippen LogP contribution in [0.15, 0.2) is 194 Å². The fourth-order valence-corrected chi connectivity index (χ4v) is 16.6. The number of nitrogens with zero attached hydrogens (tertiary/aromatic N) is 2. The standard InChI is InChI=1S/C66H36N2O2/c69-63-45-31-53-40(28-41(45)57-36-18-4-8-23-48(36)65(57)50-25-10-6-20-38(50)59(63)65)44-30-43-35-22-12-14-33-15-13-27-52(55(33)35)67(34-16-2-1-3-17-34)61(43)56-47-29-42-46(32-54(47)68(53)62(44)56)64(70)60-39-21-7-11-26-51(39)66(60)49-24-9-5-19-37(49)58(42)66/h1-32,57-60H. The van der Waals surface area contributed by atoms with E-state index in [4.69, 9.17) is 0 Å². The Hall–Kier alpha value is -8.60. The molecule has 13 aromatic rings. The molecule has 0 bridgehead atoms. The summed E-state index contributed by atoms with van der Waals surface area (Å²) in [5.41, 5.74) is 19.8. The molecule has 322 valence electrons. The lowest BCUT2D eigenvalue weighted by molar-refractivity contribution is 0.0839. The number of aromatic nitrogens is 2. The zero-order valence-electron chi connectivity index (χ0n) is 37.5. The summed E-state index contributed by atoms with van der Waals surface area (Å²) in [7, 11) is 0. The van der Waals surface area contributed by atoms with Gasteiger partial charge >= 0.3 is 0 Å². The van der Waals surface area contributed by atoms with Gasteiger partial charge in [0.2, 0.25) is 0 Å². The largest absolute Gasteiger partial charge is 0.309 e. The molecule has 0 aliphatic heterocycles. The topological polar surface area (TPSA) is 43.5 Å². The first-order valence-corrected chi connectivity index (χ1v) is 24.8. The fourth-order valence-electron chi connectivity index (χ4n) is 16.6. The fraction of sp³-hybridized carbons (Fsp3) is 0.0909. The number of pyridine rings is 1. The molecule has 3 heterocycles. The Kier molecular flexibility index (Phi) is 5.73. The van der Waals surface area contributed by atoms with Crippen LogP contribution in [0, 0.1) is 0 Å². The van der Waals surface area contributed by atoms with Crippen LogP contribution in [0.1, 0.15) is 100 Å². The van der Waals surface area contributed by atoms with Crippen molar-refractivity contribution >= 4 is 82.2 Å². The summed E-state index contributed by atoms with van der Waals surface area (Å²) in [6.07, 6.45) is 0. The number of rotatable bonds is 1. The highest BCUT2D eigenvalue weighted by Gasteiger charge is 2.70. The van der Waals surface area contributed by atoms with Crippen molar-refractivity contribution in [2.45, 2.75) is 34.5 Å². The smallest absolute Gasteiger partial charge is 0.171 e. The van der Waals surface area contributed by atoms with E-state index in [1.165, 1.54) is 65.7 Å². The normalized spacial score (nSPS) is 23.6. The first-order valence-electron chi connectivity index (χ1n) is 24.8. The van der Waals surface area contributed by atoms with Gasteiger partial charge in [0, 0.05) is 71.8 Å². The summed E-state index contributed by atoms with van der Waals surface area (Å²) in [5, 5.41) is 9.45. The maximum atomic E-state index is 15.6. The van der Waals surface area contributed by atoms with E-state index >= 15 is 9.59 Å². The zero-order chi connectivity index (χ0) is 45.3. The minimum Gasteiger partial charge on any atom is -0.309 e. The van der Waals surface area contributed by atoms with Crippen molar-refractivity contribution in [3.8, 4) is 5.69 Å². The van der Waals surface area contributed by atoms with Gasteiger partial charge < -0.3 is 8.97 Å². The molecule has 3 aromatic heterocycles. The zero-order valence-corrected chi connectivity index (χ0v) is 37.5. The maximum absolute atomic E-state index is 15.6. The van der Waals surface area contributed by atoms with Crippen LogP contribution in [-0.4, -0.2) is 20.5 Å². The van der Waals surface area contributed by atoms with Gasteiger partial charge in [0.1, 0.15) is 0 Å². The Morgan fingerprint density at radius 3 is 1.41 bits per heavy atom. The van der Waals surface area contributed by atoms with E-state index in [2.05, 4.69) is 203 Å². The second-order valence-electron chi connectivity index (χ2n) is 21.2. The number of hydrogen-bond acceptors (Lipinski definition) is 2. The summed E-state index contributed by atoms with van der Waals surface area (Å²) in [6.45, 7) is 0. The van der Waals surface area contributed by atoms with E-state index in [0.29, 0.717) is 0 Å². The van der Waals surface area contributed by atoms with Gasteiger partial charge in [0.15, 0.2) is 11.6 Å².